The molecular formula is C25H26N6O. The van der Waals surface area contributed by atoms with Crippen LogP contribution in [0.15, 0.2) is 55.1 Å². The Labute approximate surface area is 187 Å². The highest BCUT2D eigenvalue weighted by Gasteiger charge is 2.44. The monoisotopic (exact) mass is 426 g/mol. The number of piperazine rings is 1. The lowest BCUT2D eigenvalue weighted by Gasteiger charge is -2.56. The molecule has 0 spiro atoms. The van der Waals surface area contributed by atoms with Crippen molar-refractivity contribution in [2.45, 2.75) is 32.0 Å². The van der Waals surface area contributed by atoms with Crippen LogP contribution in [0.1, 0.15) is 17.5 Å². The van der Waals surface area contributed by atoms with Crippen LogP contribution in [0.2, 0.25) is 0 Å². The molecular weight excluding hydrogens is 400 g/mol. The zero-order valence-electron chi connectivity index (χ0n) is 18.3. The second-order valence-electron chi connectivity index (χ2n) is 8.79. The summed E-state index contributed by atoms with van der Waals surface area (Å²) in [5.74, 6) is 1.72. The number of methoxy groups -OCH3 is 1. The lowest BCUT2D eigenvalue weighted by atomic mass is 9.87. The standard InChI is InChI=1S/C25H26N6O/c1-16-10-29-25-24(16)21(7-8-26-25)18-4-5-22(27-12-18)30-14-19-9-20(15-30)31(19)13-17-3-6-23(32-2)28-11-17/h3-8,10-12,19-20H,9,13-15H2,1-2H3,(H,26,29). The minimum atomic E-state index is 0.569. The number of hydrogen-bond donors (Lipinski definition) is 1. The van der Waals surface area contributed by atoms with E-state index in [0.29, 0.717) is 18.0 Å². The molecule has 7 heterocycles. The Kier molecular flexibility index (Phi) is 4.57. The van der Waals surface area contributed by atoms with Crippen molar-refractivity contribution in [1.29, 1.82) is 0 Å². The topological polar surface area (TPSA) is 70.2 Å². The van der Waals surface area contributed by atoms with Gasteiger partial charge in [0.2, 0.25) is 5.88 Å². The molecule has 0 amide bonds. The highest BCUT2D eigenvalue weighted by molar-refractivity contribution is 5.95. The molecule has 3 aliphatic heterocycles. The van der Waals surface area contributed by atoms with E-state index in [4.69, 9.17) is 9.72 Å². The maximum atomic E-state index is 5.17. The predicted octanol–water partition coefficient (Wildman–Crippen LogP) is 3.80. The van der Waals surface area contributed by atoms with Crippen LogP contribution < -0.4 is 9.64 Å². The van der Waals surface area contributed by atoms with E-state index in [2.05, 4.69) is 55.9 Å². The second kappa shape index (κ2) is 7.60. The Morgan fingerprint density at radius 1 is 1.03 bits per heavy atom. The lowest BCUT2D eigenvalue weighted by Crippen LogP contribution is -2.68. The van der Waals surface area contributed by atoms with E-state index in [-0.39, 0.29) is 0 Å². The van der Waals surface area contributed by atoms with Crippen molar-refractivity contribution >= 4 is 16.9 Å². The molecule has 2 bridgehead atoms. The van der Waals surface area contributed by atoms with Crippen molar-refractivity contribution in [2.75, 3.05) is 25.1 Å². The number of aryl methyl sites for hydroxylation is 1. The maximum Gasteiger partial charge on any atom is 0.212 e. The summed E-state index contributed by atoms with van der Waals surface area (Å²) in [5, 5.41) is 1.17. The summed E-state index contributed by atoms with van der Waals surface area (Å²) in [5.41, 5.74) is 5.66. The largest absolute Gasteiger partial charge is 0.481 e. The number of ether oxygens (including phenoxy) is 1. The molecule has 2 atom stereocenters. The number of nitrogens with zero attached hydrogens (tertiary/aromatic N) is 5. The van der Waals surface area contributed by atoms with Gasteiger partial charge in [-0.15, -0.1) is 0 Å². The molecule has 3 fully saturated rings. The number of fused-ring (bicyclic) bond motifs is 3. The summed E-state index contributed by atoms with van der Waals surface area (Å²) >= 11 is 0. The van der Waals surface area contributed by atoms with E-state index < -0.39 is 0 Å². The summed E-state index contributed by atoms with van der Waals surface area (Å²) in [6, 6.07) is 11.6. The molecule has 162 valence electrons. The number of hydrogen-bond acceptors (Lipinski definition) is 6. The van der Waals surface area contributed by atoms with Crippen LogP contribution in [0.25, 0.3) is 22.2 Å². The number of anilines is 1. The van der Waals surface area contributed by atoms with E-state index in [1.807, 2.05) is 30.9 Å². The number of aromatic nitrogens is 4. The third-order valence-corrected chi connectivity index (χ3v) is 6.87. The van der Waals surface area contributed by atoms with E-state index in [0.717, 1.165) is 36.7 Å². The van der Waals surface area contributed by atoms with Gasteiger partial charge >= 0.3 is 0 Å². The maximum absolute atomic E-state index is 5.17. The van der Waals surface area contributed by atoms with Crippen LogP contribution in [0, 0.1) is 6.92 Å². The van der Waals surface area contributed by atoms with Gasteiger partial charge in [0.1, 0.15) is 11.5 Å². The molecule has 0 aliphatic carbocycles. The van der Waals surface area contributed by atoms with Crippen LogP contribution in [0.3, 0.4) is 0 Å². The number of nitrogens with one attached hydrogen (secondary N) is 1. The number of aromatic amines is 1. The number of pyridine rings is 3. The van der Waals surface area contributed by atoms with Crippen LogP contribution >= 0.6 is 0 Å². The number of piperidine rings is 1. The van der Waals surface area contributed by atoms with Gasteiger partial charge in [-0.3, -0.25) is 4.90 Å². The van der Waals surface area contributed by atoms with Gasteiger partial charge in [0, 0.05) is 73.5 Å². The molecule has 4 aromatic heterocycles. The van der Waals surface area contributed by atoms with Gasteiger partial charge in [-0.25, -0.2) is 15.0 Å². The van der Waals surface area contributed by atoms with Gasteiger partial charge in [0.15, 0.2) is 0 Å². The Morgan fingerprint density at radius 3 is 2.62 bits per heavy atom. The van der Waals surface area contributed by atoms with Crippen molar-refractivity contribution < 1.29 is 4.74 Å². The van der Waals surface area contributed by atoms with Gasteiger partial charge in [0.25, 0.3) is 0 Å². The Bertz CT molecular complexity index is 1240. The lowest BCUT2D eigenvalue weighted by molar-refractivity contribution is -0.00876. The van der Waals surface area contributed by atoms with Crippen LogP contribution in [-0.4, -0.2) is 57.1 Å². The average Bonchev–Trinajstić information content (AvgIpc) is 3.24. The van der Waals surface area contributed by atoms with Gasteiger partial charge in [-0.1, -0.05) is 6.07 Å². The average molecular weight is 427 g/mol. The number of H-pyrrole nitrogens is 1. The van der Waals surface area contributed by atoms with Gasteiger partial charge in [0.05, 0.1) is 7.11 Å². The first-order chi connectivity index (χ1) is 15.7. The third kappa shape index (κ3) is 3.20. The molecule has 3 saturated heterocycles. The van der Waals surface area contributed by atoms with Crippen molar-refractivity contribution in [2.24, 2.45) is 0 Å². The molecule has 32 heavy (non-hydrogen) atoms. The molecule has 1 N–H and O–H groups in total. The Balaban J connectivity index is 1.16. The minimum Gasteiger partial charge on any atom is -0.481 e. The smallest absolute Gasteiger partial charge is 0.212 e. The fourth-order valence-electron chi connectivity index (χ4n) is 5.16. The quantitative estimate of drug-likeness (QED) is 0.524. The predicted molar refractivity (Wildman–Crippen MR) is 125 cm³/mol. The molecule has 3 aliphatic rings. The molecule has 0 radical (unpaired) electrons. The first-order valence-corrected chi connectivity index (χ1v) is 11.1. The molecule has 0 aromatic carbocycles. The van der Waals surface area contributed by atoms with Crippen LogP contribution in [0.4, 0.5) is 5.82 Å². The summed E-state index contributed by atoms with van der Waals surface area (Å²) in [7, 11) is 1.65. The summed E-state index contributed by atoms with van der Waals surface area (Å²) < 4.78 is 5.17. The molecule has 2 unspecified atom stereocenters. The highest BCUT2D eigenvalue weighted by atomic mass is 16.5. The molecule has 7 rings (SSSR count). The van der Waals surface area contributed by atoms with Crippen molar-refractivity contribution in [3.8, 4) is 17.0 Å². The van der Waals surface area contributed by atoms with E-state index in [9.17, 15) is 0 Å². The van der Waals surface area contributed by atoms with Crippen molar-refractivity contribution in [3.05, 3.63) is 66.2 Å². The first kappa shape index (κ1) is 19.3. The summed E-state index contributed by atoms with van der Waals surface area (Å²) in [6.07, 6.45) is 9.05. The highest BCUT2D eigenvalue weighted by Crippen LogP contribution is 2.36. The van der Waals surface area contributed by atoms with Crippen molar-refractivity contribution in [3.63, 3.8) is 0 Å². The third-order valence-electron chi connectivity index (χ3n) is 6.87. The van der Waals surface area contributed by atoms with E-state index in [1.165, 1.54) is 28.5 Å². The SMILES string of the molecule is COc1ccc(CN2C3CC2CN(c2ccc(-c4ccnc5[nH]cc(C)c45)cn2)C3)cn1. The van der Waals surface area contributed by atoms with Crippen molar-refractivity contribution in [1.82, 2.24) is 24.8 Å². The summed E-state index contributed by atoms with van der Waals surface area (Å²) in [4.78, 5) is 21.9. The fourth-order valence-corrected chi connectivity index (χ4v) is 5.16. The number of rotatable bonds is 5. The zero-order chi connectivity index (χ0) is 21.7. The molecule has 7 heteroatoms. The fraction of sp³-hybridized carbons (Fsp3) is 0.320. The van der Waals surface area contributed by atoms with Gasteiger partial charge in [-0.2, -0.15) is 0 Å². The van der Waals surface area contributed by atoms with Gasteiger partial charge < -0.3 is 14.6 Å². The molecule has 0 saturated carbocycles. The minimum absolute atomic E-state index is 0.569. The Hall–Kier alpha value is -3.45. The summed E-state index contributed by atoms with van der Waals surface area (Å²) in [6.45, 7) is 5.09. The van der Waals surface area contributed by atoms with Gasteiger partial charge in [-0.05, 0) is 48.2 Å². The first-order valence-electron chi connectivity index (χ1n) is 11.1. The second-order valence-corrected chi connectivity index (χ2v) is 8.79. The normalized spacial score (nSPS) is 20.4. The molecule has 4 aromatic rings. The Morgan fingerprint density at radius 2 is 1.91 bits per heavy atom. The van der Waals surface area contributed by atoms with Crippen LogP contribution in [0.5, 0.6) is 5.88 Å². The zero-order valence-corrected chi connectivity index (χ0v) is 18.3. The van der Waals surface area contributed by atoms with Crippen LogP contribution in [-0.2, 0) is 6.54 Å². The van der Waals surface area contributed by atoms with E-state index >= 15 is 0 Å². The molecule has 7 nitrogen and oxygen atoms in total. The van der Waals surface area contributed by atoms with E-state index in [1.54, 1.807) is 7.11 Å².